The van der Waals surface area contributed by atoms with Crippen LogP contribution in [0.25, 0.3) is 0 Å². The first-order chi connectivity index (χ1) is 10.5. The molecule has 2 aromatic rings. The minimum absolute atomic E-state index is 0.0366. The molecule has 1 N–H and O–H groups in total. The molecule has 0 bridgehead atoms. The fourth-order valence-electron chi connectivity index (χ4n) is 1.97. The lowest BCUT2D eigenvalue weighted by molar-refractivity contribution is -0.122. The van der Waals surface area contributed by atoms with E-state index in [1.165, 1.54) is 18.2 Å². The second kappa shape index (κ2) is 7.27. The molecule has 116 valence electrons. The maximum Gasteiger partial charge on any atom is 0.265 e. The quantitative estimate of drug-likeness (QED) is 0.875. The van der Waals surface area contributed by atoms with Gasteiger partial charge in [0.05, 0.1) is 5.02 Å². The molecule has 0 unspecified atom stereocenters. The highest BCUT2D eigenvalue weighted by Crippen LogP contribution is 2.20. The molecule has 3 nitrogen and oxygen atoms in total. The van der Waals surface area contributed by atoms with Gasteiger partial charge >= 0.3 is 0 Å². The fraction of sp³-hybridized carbons (Fsp3) is 0.235. The molecule has 1 atom stereocenters. The zero-order valence-corrected chi connectivity index (χ0v) is 13.2. The molecule has 0 aliphatic rings. The standard InChI is InChI=1S/C17H17ClFNO2/c1-3-16(22-13-6-4-5-11(2)9-13)17(21)20-12-7-8-15(19)14(18)10-12/h4-10,16H,3H2,1-2H3,(H,20,21)/t16-/m0/s1. The van der Waals surface area contributed by atoms with Crippen LogP contribution in [0.5, 0.6) is 5.75 Å². The smallest absolute Gasteiger partial charge is 0.265 e. The number of benzene rings is 2. The van der Waals surface area contributed by atoms with Crippen molar-refractivity contribution < 1.29 is 13.9 Å². The first-order valence-electron chi connectivity index (χ1n) is 6.99. The summed E-state index contributed by atoms with van der Waals surface area (Å²) in [7, 11) is 0. The molecule has 0 aliphatic heterocycles. The Kier molecular flexibility index (Phi) is 5.39. The summed E-state index contributed by atoms with van der Waals surface area (Å²) in [5.41, 5.74) is 1.49. The lowest BCUT2D eigenvalue weighted by atomic mass is 10.2. The number of halogens is 2. The SMILES string of the molecule is CC[C@H](Oc1cccc(C)c1)C(=O)Nc1ccc(F)c(Cl)c1. The second-order valence-electron chi connectivity index (χ2n) is 4.95. The van der Waals surface area contributed by atoms with Crippen molar-refractivity contribution >= 4 is 23.2 Å². The van der Waals surface area contributed by atoms with Crippen LogP contribution in [-0.4, -0.2) is 12.0 Å². The van der Waals surface area contributed by atoms with Crippen LogP contribution in [0.3, 0.4) is 0 Å². The zero-order valence-electron chi connectivity index (χ0n) is 12.4. The van der Waals surface area contributed by atoms with Crippen LogP contribution in [-0.2, 0) is 4.79 Å². The van der Waals surface area contributed by atoms with E-state index in [0.29, 0.717) is 17.9 Å². The Morgan fingerprint density at radius 2 is 2.09 bits per heavy atom. The first-order valence-corrected chi connectivity index (χ1v) is 7.36. The molecule has 0 aromatic heterocycles. The Balaban J connectivity index is 2.06. The monoisotopic (exact) mass is 321 g/mol. The van der Waals surface area contributed by atoms with E-state index in [0.717, 1.165) is 5.56 Å². The van der Waals surface area contributed by atoms with Crippen molar-refractivity contribution in [3.63, 3.8) is 0 Å². The molecule has 5 heteroatoms. The van der Waals surface area contributed by atoms with Crippen molar-refractivity contribution in [2.24, 2.45) is 0 Å². The molecular weight excluding hydrogens is 305 g/mol. The van der Waals surface area contributed by atoms with Crippen molar-refractivity contribution in [1.82, 2.24) is 0 Å². The number of carbonyl (C=O) groups is 1. The van der Waals surface area contributed by atoms with Gasteiger partial charge in [-0.3, -0.25) is 4.79 Å². The summed E-state index contributed by atoms with van der Waals surface area (Å²) >= 11 is 5.70. The summed E-state index contributed by atoms with van der Waals surface area (Å²) in [5.74, 6) is -0.187. The number of nitrogens with one attached hydrogen (secondary N) is 1. The van der Waals surface area contributed by atoms with E-state index in [9.17, 15) is 9.18 Å². The van der Waals surface area contributed by atoms with Gasteiger partial charge < -0.3 is 10.1 Å². The highest BCUT2D eigenvalue weighted by molar-refractivity contribution is 6.31. The molecular formula is C17H17ClFNO2. The van der Waals surface area contributed by atoms with E-state index < -0.39 is 11.9 Å². The minimum atomic E-state index is -0.634. The maximum atomic E-state index is 13.1. The van der Waals surface area contributed by atoms with Crippen molar-refractivity contribution in [2.75, 3.05) is 5.32 Å². The predicted octanol–water partition coefficient (Wildman–Crippen LogP) is 4.58. The third-order valence-electron chi connectivity index (χ3n) is 3.12. The van der Waals surface area contributed by atoms with Gasteiger partial charge in [-0.15, -0.1) is 0 Å². The molecule has 0 spiro atoms. The Labute approximate surface area is 134 Å². The summed E-state index contributed by atoms with van der Waals surface area (Å²) in [5, 5.41) is 2.64. The van der Waals surface area contributed by atoms with Crippen LogP contribution in [0.1, 0.15) is 18.9 Å². The topological polar surface area (TPSA) is 38.3 Å². The number of amides is 1. The summed E-state index contributed by atoms with van der Waals surface area (Å²) in [6.45, 7) is 3.81. The lowest BCUT2D eigenvalue weighted by Gasteiger charge is -2.17. The van der Waals surface area contributed by atoms with E-state index in [4.69, 9.17) is 16.3 Å². The lowest BCUT2D eigenvalue weighted by Crippen LogP contribution is -2.32. The maximum absolute atomic E-state index is 13.1. The normalized spacial score (nSPS) is 11.8. The Bertz CT molecular complexity index is 675. The van der Waals surface area contributed by atoms with Crippen LogP contribution in [0, 0.1) is 12.7 Å². The number of anilines is 1. The molecule has 0 saturated carbocycles. The van der Waals surface area contributed by atoms with Gasteiger partial charge in [-0.1, -0.05) is 30.7 Å². The van der Waals surface area contributed by atoms with E-state index >= 15 is 0 Å². The van der Waals surface area contributed by atoms with Crippen LogP contribution in [0.4, 0.5) is 10.1 Å². The van der Waals surface area contributed by atoms with E-state index in [2.05, 4.69) is 5.32 Å². The molecule has 0 aliphatic carbocycles. The number of carbonyl (C=O) groups excluding carboxylic acids is 1. The molecule has 0 heterocycles. The van der Waals surface area contributed by atoms with Crippen LogP contribution in [0.2, 0.25) is 5.02 Å². The van der Waals surface area contributed by atoms with Crippen LogP contribution in [0.15, 0.2) is 42.5 Å². The third-order valence-corrected chi connectivity index (χ3v) is 3.41. The second-order valence-corrected chi connectivity index (χ2v) is 5.36. The summed E-state index contributed by atoms with van der Waals surface area (Å²) < 4.78 is 18.8. The molecule has 2 rings (SSSR count). The first kappa shape index (κ1) is 16.3. The van der Waals surface area contributed by atoms with Gasteiger partial charge in [-0.05, 0) is 49.2 Å². The summed E-state index contributed by atoms with van der Waals surface area (Å²) in [4.78, 5) is 12.3. The highest BCUT2D eigenvalue weighted by atomic mass is 35.5. The van der Waals surface area contributed by atoms with E-state index in [1.807, 2.05) is 32.0 Å². The average molecular weight is 322 g/mol. The number of aryl methyl sites for hydroxylation is 1. The van der Waals surface area contributed by atoms with Gasteiger partial charge in [-0.25, -0.2) is 4.39 Å². The van der Waals surface area contributed by atoms with Gasteiger partial charge in [0, 0.05) is 5.69 Å². The van der Waals surface area contributed by atoms with Gasteiger partial charge in [0.1, 0.15) is 11.6 Å². The average Bonchev–Trinajstić information content (AvgIpc) is 2.48. The minimum Gasteiger partial charge on any atom is -0.481 e. The fourth-order valence-corrected chi connectivity index (χ4v) is 2.15. The van der Waals surface area contributed by atoms with Crippen molar-refractivity contribution in [2.45, 2.75) is 26.4 Å². The van der Waals surface area contributed by atoms with Gasteiger partial charge in [-0.2, -0.15) is 0 Å². The molecule has 0 saturated heterocycles. The van der Waals surface area contributed by atoms with Crippen LogP contribution >= 0.6 is 11.6 Å². The van der Waals surface area contributed by atoms with Crippen molar-refractivity contribution in [3.8, 4) is 5.75 Å². The number of rotatable bonds is 5. The number of hydrogen-bond acceptors (Lipinski definition) is 2. The third kappa shape index (κ3) is 4.21. The molecule has 1 amide bonds. The predicted molar refractivity (Wildman–Crippen MR) is 85.9 cm³/mol. The van der Waals surface area contributed by atoms with Gasteiger partial charge in [0.25, 0.3) is 5.91 Å². The molecule has 0 fully saturated rings. The van der Waals surface area contributed by atoms with E-state index in [-0.39, 0.29) is 10.9 Å². The largest absolute Gasteiger partial charge is 0.481 e. The van der Waals surface area contributed by atoms with E-state index in [1.54, 1.807) is 6.07 Å². The Morgan fingerprint density at radius 3 is 2.73 bits per heavy atom. The van der Waals surface area contributed by atoms with Gasteiger partial charge in [0.15, 0.2) is 6.10 Å². The number of hydrogen-bond donors (Lipinski definition) is 1. The highest BCUT2D eigenvalue weighted by Gasteiger charge is 2.19. The zero-order chi connectivity index (χ0) is 16.1. The Hall–Kier alpha value is -2.07. The van der Waals surface area contributed by atoms with Crippen LogP contribution < -0.4 is 10.1 Å². The number of ether oxygens (including phenoxy) is 1. The molecule has 22 heavy (non-hydrogen) atoms. The molecule has 0 radical (unpaired) electrons. The van der Waals surface area contributed by atoms with Crippen molar-refractivity contribution in [1.29, 1.82) is 0 Å². The summed E-state index contributed by atoms with van der Waals surface area (Å²) in [6.07, 6.45) is -0.125. The van der Waals surface area contributed by atoms with Gasteiger partial charge in [0.2, 0.25) is 0 Å². The molecule has 2 aromatic carbocycles. The summed E-state index contributed by atoms with van der Waals surface area (Å²) in [6, 6.07) is 11.5. The Morgan fingerprint density at radius 1 is 1.32 bits per heavy atom. The van der Waals surface area contributed by atoms with Crippen molar-refractivity contribution in [3.05, 3.63) is 58.9 Å².